The molecule has 4 rings (SSSR count). The van der Waals surface area contributed by atoms with Crippen molar-refractivity contribution < 1.29 is 19.1 Å². The van der Waals surface area contributed by atoms with Crippen molar-refractivity contribution in [3.8, 4) is 11.5 Å². The Hall–Kier alpha value is -2.95. The van der Waals surface area contributed by atoms with Crippen LogP contribution in [0, 0.1) is 3.57 Å². The molecular formula is C26H20ClIN2O4S. The van der Waals surface area contributed by atoms with Crippen molar-refractivity contribution in [2.45, 2.75) is 13.5 Å². The smallest absolute Gasteiger partial charge is 0.270 e. The average Bonchev–Trinajstić information content (AvgIpc) is 2.82. The van der Waals surface area contributed by atoms with Gasteiger partial charge in [0.25, 0.3) is 11.8 Å². The molecule has 0 aromatic heterocycles. The number of nitrogens with zero attached hydrogens (tertiary/aromatic N) is 1. The van der Waals surface area contributed by atoms with E-state index in [0.29, 0.717) is 41.0 Å². The number of anilines is 1. The largest absolute Gasteiger partial charge is 0.490 e. The highest BCUT2D eigenvalue weighted by molar-refractivity contribution is 14.1. The standard InChI is InChI=1S/C26H20ClIN2O4S/c1-2-33-22-14-17(13-21(28)23(22)34-15-16-7-6-8-18(27)11-16)12-20-24(31)29-26(35)30(25(20)32)19-9-4-3-5-10-19/h3-14H,2,15H2,1H3,(H,29,31,35)/b20-12-. The van der Waals surface area contributed by atoms with Crippen LogP contribution in [-0.4, -0.2) is 23.5 Å². The van der Waals surface area contributed by atoms with Crippen LogP contribution in [0.3, 0.4) is 0 Å². The van der Waals surface area contributed by atoms with Gasteiger partial charge >= 0.3 is 0 Å². The van der Waals surface area contributed by atoms with Gasteiger partial charge in [-0.05, 0) is 95.3 Å². The van der Waals surface area contributed by atoms with Crippen LogP contribution in [0.1, 0.15) is 18.1 Å². The Kier molecular flexibility index (Phi) is 8.04. The summed E-state index contributed by atoms with van der Waals surface area (Å²) in [6, 6.07) is 19.9. The minimum atomic E-state index is -0.554. The molecule has 0 bridgehead atoms. The minimum absolute atomic E-state index is 0.0340. The normalized spacial score (nSPS) is 14.8. The number of carbonyl (C=O) groups excluding carboxylic acids is 2. The van der Waals surface area contributed by atoms with Crippen LogP contribution in [0.4, 0.5) is 5.69 Å². The van der Waals surface area contributed by atoms with E-state index >= 15 is 0 Å². The Labute approximate surface area is 227 Å². The fourth-order valence-corrected chi connectivity index (χ4v) is 4.77. The second-order valence-electron chi connectivity index (χ2n) is 7.47. The van der Waals surface area contributed by atoms with Crippen molar-refractivity contribution >= 4 is 75.1 Å². The molecule has 1 saturated heterocycles. The van der Waals surface area contributed by atoms with Gasteiger partial charge in [0.15, 0.2) is 16.6 Å². The van der Waals surface area contributed by atoms with Gasteiger partial charge < -0.3 is 9.47 Å². The molecule has 1 aliphatic rings. The van der Waals surface area contributed by atoms with Gasteiger partial charge in [0.05, 0.1) is 15.9 Å². The SMILES string of the molecule is CCOc1cc(/C=C2/C(=O)NC(=S)N(c3ccccc3)C2=O)cc(I)c1OCc1cccc(Cl)c1. The summed E-state index contributed by atoms with van der Waals surface area (Å²) in [5.74, 6) is 0.0223. The summed E-state index contributed by atoms with van der Waals surface area (Å²) in [4.78, 5) is 27.2. The maximum Gasteiger partial charge on any atom is 0.270 e. The number of hydrogen-bond donors (Lipinski definition) is 1. The molecule has 0 aliphatic carbocycles. The molecule has 1 aliphatic heterocycles. The number of nitrogens with one attached hydrogen (secondary N) is 1. The average molecular weight is 619 g/mol. The molecular weight excluding hydrogens is 599 g/mol. The third-order valence-corrected chi connectivity index (χ3v) is 6.35. The van der Waals surface area contributed by atoms with Crippen LogP contribution in [0.2, 0.25) is 5.02 Å². The summed E-state index contributed by atoms with van der Waals surface area (Å²) in [7, 11) is 0. The lowest BCUT2D eigenvalue weighted by atomic mass is 10.1. The molecule has 1 N–H and O–H groups in total. The molecule has 0 unspecified atom stereocenters. The summed E-state index contributed by atoms with van der Waals surface area (Å²) in [6.07, 6.45) is 1.53. The lowest BCUT2D eigenvalue weighted by molar-refractivity contribution is -0.122. The number of rotatable bonds is 7. The first-order valence-corrected chi connectivity index (χ1v) is 12.5. The number of thiocarbonyl (C=S) groups is 1. The quantitative estimate of drug-likeness (QED) is 0.158. The van der Waals surface area contributed by atoms with Crippen LogP contribution in [-0.2, 0) is 16.2 Å². The Morgan fingerprint density at radius 2 is 1.83 bits per heavy atom. The maximum atomic E-state index is 13.2. The molecule has 0 saturated carbocycles. The molecule has 1 heterocycles. The van der Waals surface area contributed by atoms with Crippen molar-refractivity contribution in [1.29, 1.82) is 0 Å². The molecule has 0 spiro atoms. The molecule has 6 nitrogen and oxygen atoms in total. The lowest BCUT2D eigenvalue weighted by Gasteiger charge is -2.28. The highest BCUT2D eigenvalue weighted by Crippen LogP contribution is 2.36. The first-order valence-electron chi connectivity index (χ1n) is 10.7. The Morgan fingerprint density at radius 3 is 2.54 bits per heavy atom. The first-order chi connectivity index (χ1) is 16.9. The van der Waals surface area contributed by atoms with Gasteiger partial charge in [-0.2, -0.15) is 0 Å². The minimum Gasteiger partial charge on any atom is -0.490 e. The second-order valence-corrected chi connectivity index (χ2v) is 9.46. The van der Waals surface area contributed by atoms with Gasteiger partial charge in [-0.3, -0.25) is 19.8 Å². The van der Waals surface area contributed by atoms with E-state index in [0.717, 1.165) is 9.13 Å². The molecule has 3 aromatic rings. The number of carbonyl (C=O) groups is 2. The van der Waals surface area contributed by atoms with Gasteiger partial charge in [0.1, 0.15) is 12.2 Å². The van der Waals surface area contributed by atoms with Crippen LogP contribution in [0.15, 0.2) is 72.3 Å². The first kappa shape index (κ1) is 25.2. The topological polar surface area (TPSA) is 67.9 Å². The molecule has 35 heavy (non-hydrogen) atoms. The van der Waals surface area contributed by atoms with Crippen LogP contribution >= 0.6 is 46.4 Å². The van der Waals surface area contributed by atoms with Gasteiger partial charge in [0.2, 0.25) is 0 Å². The number of benzene rings is 3. The van der Waals surface area contributed by atoms with Crippen LogP contribution in [0.25, 0.3) is 6.08 Å². The van der Waals surface area contributed by atoms with Crippen molar-refractivity contribution in [2.24, 2.45) is 0 Å². The monoisotopic (exact) mass is 618 g/mol. The van der Waals surface area contributed by atoms with E-state index in [1.807, 2.05) is 37.3 Å². The summed E-state index contributed by atoms with van der Waals surface area (Å²) in [5.41, 5.74) is 2.08. The van der Waals surface area contributed by atoms with Crippen molar-refractivity contribution in [3.63, 3.8) is 0 Å². The predicted molar refractivity (Wildman–Crippen MR) is 149 cm³/mol. The summed E-state index contributed by atoms with van der Waals surface area (Å²) >= 11 is 13.5. The summed E-state index contributed by atoms with van der Waals surface area (Å²) in [6.45, 7) is 2.59. The Bertz CT molecular complexity index is 1330. The molecule has 0 atom stereocenters. The van der Waals surface area contributed by atoms with Gasteiger partial charge in [-0.15, -0.1) is 0 Å². The van der Waals surface area contributed by atoms with Gasteiger partial charge in [-0.1, -0.05) is 41.9 Å². The van der Waals surface area contributed by atoms with E-state index in [9.17, 15) is 9.59 Å². The molecule has 178 valence electrons. The molecule has 3 aromatic carbocycles. The summed E-state index contributed by atoms with van der Waals surface area (Å²) < 4.78 is 12.6. The van der Waals surface area contributed by atoms with Crippen molar-refractivity contribution in [3.05, 3.63) is 92.0 Å². The number of para-hydroxylation sites is 1. The third-order valence-electron chi connectivity index (χ3n) is 5.03. The number of amides is 2. The van der Waals surface area contributed by atoms with E-state index < -0.39 is 11.8 Å². The molecule has 9 heteroatoms. The predicted octanol–water partition coefficient (Wildman–Crippen LogP) is 5.75. The van der Waals surface area contributed by atoms with Crippen LogP contribution in [0.5, 0.6) is 11.5 Å². The molecule has 2 amide bonds. The van der Waals surface area contributed by atoms with Crippen LogP contribution < -0.4 is 19.7 Å². The van der Waals surface area contributed by atoms with E-state index in [2.05, 4.69) is 27.9 Å². The van der Waals surface area contributed by atoms with E-state index in [-0.39, 0.29) is 10.7 Å². The lowest BCUT2D eigenvalue weighted by Crippen LogP contribution is -2.54. The highest BCUT2D eigenvalue weighted by atomic mass is 127. The second kappa shape index (κ2) is 11.2. The zero-order valence-electron chi connectivity index (χ0n) is 18.6. The van der Waals surface area contributed by atoms with Gasteiger partial charge in [-0.25, -0.2) is 0 Å². The Balaban J connectivity index is 1.66. The highest BCUT2D eigenvalue weighted by Gasteiger charge is 2.34. The summed E-state index contributed by atoms with van der Waals surface area (Å²) in [5, 5.41) is 3.27. The Morgan fingerprint density at radius 1 is 1.06 bits per heavy atom. The fourth-order valence-electron chi connectivity index (χ4n) is 3.49. The third kappa shape index (κ3) is 5.83. The number of halogens is 2. The van der Waals surface area contributed by atoms with Crippen molar-refractivity contribution in [2.75, 3.05) is 11.5 Å². The maximum absolute atomic E-state index is 13.2. The van der Waals surface area contributed by atoms with Crippen molar-refractivity contribution in [1.82, 2.24) is 5.32 Å². The molecule has 1 fully saturated rings. The van der Waals surface area contributed by atoms with E-state index in [1.165, 1.54) is 11.0 Å². The zero-order valence-corrected chi connectivity index (χ0v) is 22.3. The molecule has 0 radical (unpaired) electrons. The fraction of sp³-hybridized carbons (Fsp3) is 0.115. The number of ether oxygens (including phenoxy) is 2. The van der Waals surface area contributed by atoms with E-state index in [4.69, 9.17) is 33.3 Å². The number of hydrogen-bond acceptors (Lipinski definition) is 5. The van der Waals surface area contributed by atoms with Gasteiger partial charge in [0, 0.05) is 5.02 Å². The zero-order chi connectivity index (χ0) is 24.9. The van der Waals surface area contributed by atoms with E-state index in [1.54, 1.807) is 36.4 Å².